The molecule has 0 bridgehead atoms. The van der Waals surface area contributed by atoms with Gasteiger partial charge < -0.3 is 4.74 Å². The van der Waals surface area contributed by atoms with Gasteiger partial charge in [-0.3, -0.25) is 4.79 Å². The molecule has 18 heavy (non-hydrogen) atoms. The Balaban J connectivity index is 2.41. The van der Waals surface area contributed by atoms with Crippen LogP contribution in [-0.2, 0) is 9.53 Å². The molecule has 0 radical (unpaired) electrons. The van der Waals surface area contributed by atoms with Crippen LogP contribution in [0, 0.1) is 22.7 Å². The van der Waals surface area contributed by atoms with E-state index < -0.39 is 0 Å². The summed E-state index contributed by atoms with van der Waals surface area (Å²) in [7, 11) is 0. The first-order chi connectivity index (χ1) is 8.17. The molecule has 0 saturated heterocycles. The van der Waals surface area contributed by atoms with Crippen molar-refractivity contribution in [1.82, 2.24) is 0 Å². The summed E-state index contributed by atoms with van der Waals surface area (Å²) in [6.07, 6.45) is 4.85. The first-order valence-corrected chi connectivity index (χ1v) is 7.02. The lowest BCUT2D eigenvalue weighted by molar-refractivity contribution is -0.158. The summed E-state index contributed by atoms with van der Waals surface area (Å²) < 4.78 is 5.70. The van der Waals surface area contributed by atoms with Gasteiger partial charge in [-0.05, 0) is 31.6 Å². The first kappa shape index (κ1) is 13.6. The lowest BCUT2D eigenvalue weighted by Gasteiger charge is -2.36. The number of hydrogen-bond acceptors (Lipinski definition) is 2. The van der Waals surface area contributed by atoms with Crippen molar-refractivity contribution in [1.29, 1.82) is 0 Å². The van der Waals surface area contributed by atoms with E-state index in [0.29, 0.717) is 11.8 Å². The zero-order chi connectivity index (χ0) is 13.7. The maximum absolute atomic E-state index is 11.4. The second kappa shape index (κ2) is 4.11. The summed E-state index contributed by atoms with van der Waals surface area (Å²) >= 11 is 0. The van der Waals surface area contributed by atoms with Crippen LogP contribution in [0.1, 0.15) is 54.4 Å². The van der Waals surface area contributed by atoms with E-state index in [-0.39, 0.29) is 22.9 Å². The largest absolute Gasteiger partial charge is 0.461 e. The van der Waals surface area contributed by atoms with Gasteiger partial charge in [0.05, 0.1) is 0 Å². The topological polar surface area (TPSA) is 26.3 Å². The van der Waals surface area contributed by atoms with Crippen LogP contribution in [0.15, 0.2) is 11.6 Å². The molecule has 0 spiro atoms. The predicted octanol–water partition coefficient (Wildman–Crippen LogP) is 3.96. The van der Waals surface area contributed by atoms with Gasteiger partial charge in [-0.25, -0.2) is 0 Å². The summed E-state index contributed by atoms with van der Waals surface area (Å²) in [4.78, 5) is 11.4. The number of hydrogen-bond donors (Lipinski definition) is 0. The van der Waals surface area contributed by atoms with Gasteiger partial charge in [0.2, 0.25) is 0 Å². The van der Waals surface area contributed by atoms with E-state index in [1.54, 1.807) is 0 Å². The van der Waals surface area contributed by atoms with Gasteiger partial charge in [-0.15, -0.1) is 0 Å². The van der Waals surface area contributed by atoms with Gasteiger partial charge in [0.25, 0.3) is 0 Å². The van der Waals surface area contributed by atoms with Crippen molar-refractivity contribution in [3.8, 4) is 0 Å². The summed E-state index contributed by atoms with van der Waals surface area (Å²) in [6, 6.07) is 0. The van der Waals surface area contributed by atoms with Crippen LogP contribution in [0.3, 0.4) is 0 Å². The third-order valence-corrected chi connectivity index (χ3v) is 5.20. The third-order valence-electron chi connectivity index (χ3n) is 5.20. The van der Waals surface area contributed by atoms with Gasteiger partial charge in [0.15, 0.2) is 0 Å². The molecule has 0 amide bonds. The molecule has 2 rings (SSSR count). The molecule has 0 N–H and O–H groups in total. The van der Waals surface area contributed by atoms with Crippen LogP contribution < -0.4 is 0 Å². The van der Waals surface area contributed by atoms with Crippen LogP contribution in [0.25, 0.3) is 0 Å². The minimum Gasteiger partial charge on any atom is -0.461 e. The van der Waals surface area contributed by atoms with Gasteiger partial charge >= 0.3 is 5.97 Å². The highest BCUT2D eigenvalue weighted by Gasteiger charge is 2.60. The molecule has 2 heteroatoms. The molecule has 0 heterocycles. The fourth-order valence-corrected chi connectivity index (χ4v) is 4.43. The highest BCUT2D eigenvalue weighted by molar-refractivity contribution is 5.66. The number of esters is 1. The molecule has 3 atom stereocenters. The number of ether oxygens (including phenoxy) is 1. The van der Waals surface area contributed by atoms with Crippen molar-refractivity contribution in [2.75, 3.05) is 0 Å². The lowest BCUT2D eigenvalue weighted by atomic mass is 9.70. The summed E-state index contributed by atoms with van der Waals surface area (Å²) in [5.41, 5.74) is 1.59. The van der Waals surface area contributed by atoms with Crippen molar-refractivity contribution in [2.45, 2.75) is 60.5 Å². The predicted molar refractivity (Wildman–Crippen MR) is 73.1 cm³/mol. The lowest BCUT2D eigenvalue weighted by Crippen LogP contribution is -2.39. The van der Waals surface area contributed by atoms with Crippen molar-refractivity contribution in [3.63, 3.8) is 0 Å². The molecule has 3 unspecified atom stereocenters. The molecule has 0 aromatic carbocycles. The standard InChI is InChI=1S/C16H26O2/c1-10-7-8-12-13(9-10)16(5,6)14(15(12,3)4)18-11(2)17/h9,12-14H,7-8H2,1-6H3. The van der Waals surface area contributed by atoms with Crippen molar-refractivity contribution >= 4 is 5.97 Å². The van der Waals surface area contributed by atoms with Crippen molar-refractivity contribution in [2.24, 2.45) is 22.7 Å². The number of allylic oxidation sites excluding steroid dienone is 2. The molecule has 2 aliphatic rings. The Bertz CT molecular complexity index is 390. The van der Waals surface area contributed by atoms with Crippen LogP contribution in [0.2, 0.25) is 0 Å². The van der Waals surface area contributed by atoms with E-state index in [1.165, 1.54) is 25.3 Å². The smallest absolute Gasteiger partial charge is 0.302 e. The minimum absolute atomic E-state index is 0.0136. The Morgan fingerprint density at radius 2 is 1.89 bits per heavy atom. The second-order valence-corrected chi connectivity index (χ2v) is 7.32. The minimum atomic E-state index is -0.152. The molecule has 102 valence electrons. The van der Waals surface area contributed by atoms with E-state index in [4.69, 9.17) is 4.74 Å². The van der Waals surface area contributed by atoms with Crippen molar-refractivity contribution < 1.29 is 9.53 Å². The van der Waals surface area contributed by atoms with Crippen LogP contribution >= 0.6 is 0 Å². The molecule has 1 saturated carbocycles. The Morgan fingerprint density at radius 3 is 2.44 bits per heavy atom. The Kier molecular flexibility index (Phi) is 3.11. The SMILES string of the molecule is CC(=O)OC1C(C)(C)C2C=C(C)CCC2C1(C)C. The monoisotopic (exact) mass is 250 g/mol. The van der Waals surface area contributed by atoms with Crippen molar-refractivity contribution in [3.05, 3.63) is 11.6 Å². The maximum atomic E-state index is 11.4. The summed E-state index contributed by atoms with van der Waals surface area (Å²) in [6.45, 7) is 12.8. The quantitative estimate of drug-likeness (QED) is 0.520. The molecule has 2 nitrogen and oxygen atoms in total. The third kappa shape index (κ3) is 1.90. The van der Waals surface area contributed by atoms with Gasteiger partial charge in [-0.1, -0.05) is 39.3 Å². The van der Waals surface area contributed by atoms with E-state index >= 15 is 0 Å². The van der Waals surface area contributed by atoms with E-state index in [0.717, 1.165) is 0 Å². The number of carbonyl (C=O) groups is 1. The number of rotatable bonds is 1. The summed E-state index contributed by atoms with van der Waals surface area (Å²) in [5, 5.41) is 0. The van der Waals surface area contributed by atoms with Crippen LogP contribution in [0.5, 0.6) is 0 Å². The van der Waals surface area contributed by atoms with E-state index in [1.807, 2.05) is 0 Å². The molecule has 0 aromatic heterocycles. The Hall–Kier alpha value is -0.790. The number of carbonyl (C=O) groups excluding carboxylic acids is 1. The zero-order valence-corrected chi connectivity index (χ0v) is 12.5. The fraction of sp³-hybridized carbons (Fsp3) is 0.812. The van der Waals surface area contributed by atoms with Gasteiger partial charge in [0, 0.05) is 17.8 Å². The first-order valence-electron chi connectivity index (χ1n) is 7.02. The highest BCUT2D eigenvalue weighted by atomic mass is 16.5. The zero-order valence-electron chi connectivity index (χ0n) is 12.5. The maximum Gasteiger partial charge on any atom is 0.302 e. The highest BCUT2D eigenvalue weighted by Crippen LogP contribution is 2.61. The average molecular weight is 250 g/mol. The Labute approximate surface area is 111 Å². The van der Waals surface area contributed by atoms with E-state index in [2.05, 4.69) is 40.7 Å². The molecule has 0 aliphatic heterocycles. The molecule has 2 aliphatic carbocycles. The molecule has 0 aromatic rings. The molecular formula is C16H26O2. The fourth-order valence-electron chi connectivity index (χ4n) is 4.43. The van der Waals surface area contributed by atoms with Gasteiger partial charge in [-0.2, -0.15) is 0 Å². The van der Waals surface area contributed by atoms with Crippen LogP contribution in [-0.4, -0.2) is 12.1 Å². The molecular weight excluding hydrogens is 224 g/mol. The Morgan fingerprint density at radius 1 is 1.28 bits per heavy atom. The number of fused-ring (bicyclic) bond motifs is 1. The molecule has 1 fully saturated rings. The normalized spacial score (nSPS) is 36.8. The average Bonchev–Trinajstić information content (AvgIpc) is 2.37. The second-order valence-electron chi connectivity index (χ2n) is 7.32. The van der Waals surface area contributed by atoms with E-state index in [9.17, 15) is 4.79 Å². The van der Waals surface area contributed by atoms with Gasteiger partial charge in [0.1, 0.15) is 6.10 Å². The van der Waals surface area contributed by atoms with Crippen LogP contribution in [0.4, 0.5) is 0 Å². The summed E-state index contributed by atoms with van der Waals surface area (Å²) in [5.74, 6) is 1.01.